The number of aryl methyl sites for hydroxylation is 1. The third kappa shape index (κ3) is 1.78. The van der Waals surface area contributed by atoms with E-state index in [1.165, 1.54) is 18.1 Å². The average molecular weight is 245 g/mol. The van der Waals surface area contributed by atoms with E-state index in [-0.39, 0.29) is 11.9 Å². The highest BCUT2D eigenvalue weighted by Gasteiger charge is 2.31. The number of esters is 1. The van der Waals surface area contributed by atoms with Crippen LogP contribution < -0.4 is 4.90 Å². The lowest BCUT2D eigenvalue weighted by Crippen LogP contribution is -2.32. The summed E-state index contributed by atoms with van der Waals surface area (Å²) in [4.78, 5) is 24.5. The Hall–Kier alpha value is -1.84. The Labute approximate surface area is 106 Å². The van der Waals surface area contributed by atoms with Crippen LogP contribution in [0.1, 0.15) is 30.0 Å². The first-order valence-electron chi connectivity index (χ1n) is 6.23. The molecular formula is C14H15NO3. The molecule has 3 rings (SSSR count). The monoisotopic (exact) mass is 245 g/mol. The number of carbonyl (C=O) groups is 2. The normalized spacial score (nSPS) is 16.7. The van der Waals surface area contributed by atoms with Gasteiger partial charge in [0.2, 0.25) is 5.91 Å². The molecule has 2 aliphatic heterocycles. The van der Waals surface area contributed by atoms with E-state index < -0.39 is 0 Å². The van der Waals surface area contributed by atoms with Crippen molar-refractivity contribution in [2.45, 2.75) is 32.8 Å². The molecule has 4 nitrogen and oxygen atoms in total. The van der Waals surface area contributed by atoms with Crippen LogP contribution in [0.15, 0.2) is 12.1 Å². The Morgan fingerprint density at radius 3 is 2.72 bits per heavy atom. The number of hydrogen-bond donors (Lipinski definition) is 0. The highest BCUT2D eigenvalue weighted by Crippen LogP contribution is 2.37. The molecule has 94 valence electrons. The van der Waals surface area contributed by atoms with Crippen molar-refractivity contribution in [3.05, 3.63) is 28.8 Å². The second-order valence-electron chi connectivity index (χ2n) is 4.84. The van der Waals surface area contributed by atoms with Crippen molar-refractivity contribution < 1.29 is 14.3 Å². The van der Waals surface area contributed by atoms with E-state index in [1.807, 2.05) is 4.90 Å². The van der Waals surface area contributed by atoms with E-state index >= 15 is 0 Å². The van der Waals surface area contributed by atoms with Crippen molar-refractivity contribution >= 4 is 17.6 Å². The number of carbonyl (C=O) groups excluding carboxylic acids is 2. The largest absolute Gasteiger partial charge is 0.461 e. The summed E-state index contributed by atoms with van der Waals surface area (Å²) in [7, 11) is 0. The maximum atomic E-state index is 11.8. The molecule has 2 heterocycles. The van der Waals surface area contributed by atoms with Crippen molar-refractivity contribution in [3.63, 3.8) is 0 Å². The lowest BCUT2D eigenvalue weighted by atomic mass is 9.97. The van der Waals surface area contributed by atoms with Crippen molar-refractivity contribution in [2.24, 2.45) is 0 Å². The lowest BCUT2D eigenvalue weighted by Gasteiger charge is -2.25. The summed E-state index contributed by atoms with van der Waals surface area (Å²) in [6.45, 7) is 2.53. The van der Waals surface area contributed by atoms with E-state index in [4.69, 9.17) is 4.74 Å². The Morgan fingerprint density at radius 2 is 2.00 bits per heavy atom. The smallest absolute Gasteiger partial charge is 0.302 e. The molecule has 0 unspecified atom stereocenters. The summed E-state index contributed by atoms with van der Waals surface area (Å²) in [5.41, 5.74) is 4.56. The van der Waals surface area contributed by atoms with Crippen LogP contribution in [0, 0.1) is 0 Å². The molecule has 18 heavy (non-hydrogen) atoms. The highest BCUT2D eigenvalue weighted by molar-refractivity contribution is 5.98. The standard InChI is InChI=1S/C14H15NO3/c1-9(16)18-8-10-6-11-2-3-13(17)15-5-4-12(7-10)14(11)15/h6-7H,2-5,8H2,1H3. The predicted molar refractivity (Wildman–Crippen MR) is 66.3 cm³/mol. The molecule has 0 aliphatic carbocycles. The molecule has 0 aromatic heterocycles. The van der Waals surface area contributed by atoms with Crippen LogP contribution in [0.5, 0.6) is 0 Å². The zero-order valence-electron chi connectivity index (χ0n) is 10.4. The zero-order chi connectivity index (χ0) is 12.7. The van der Waals surface area contributed by atoms with E-state index in [0.717, 1.165) is 30.6 Å². The van der Waals surface area contributed by atoms with Gasteiger partial charge in [-0.25, -0.2) is 0 Å². The van der Waals surface area contributed by atoms with Crippen LogP contribution in [0.3, 0.4) is 0 Å². The Kier molecular flexibility index (Phi) is 2.58. The summed E-state index contributed by atoms with van der Waals surface area (Å²) < 4.78 is 5.03. The predicted octanol–water partition coefficient (Wildman–Crippen LogP) is 1.58. The molecule has 0 N–H and O–H groups in total. The summed E-state index contributed by atoms with van der Waals surface area (Å²) >= 11 is 0. The maximum absolute atomic E-state index is 11.8. The van der Waals surface area contributed by atoms with Crippen LogP contribution in [-0.2, 0) is 33.8 Å². The third-order valence-corrected chi connectivity index (χ3v) is 3.55. The molecule has 0 atom stereocenters. The number of ether oxygens (including phenoxy) is 1. The van der Waals surface area contributed by atoms with Crippen LogP contribution >= 0.6 is 0 Å². The number of amides is 1. The number of benzene rings is 1. The first-order valence-corrected chi connectivity index (χ1v) is 6.23. The molecule has 0 fully saturated rings. The van der Waals surface area contributed by atoms with Crippen LogP contribution in [0.25, 0.3) is 0 Å². The van der Waals surface area contributed by atoms with Gasteiger partial charge in [-0.1, -0.05) is 12.1 Å². The molecule has 1 aromatic rings. The molecule has 1 aromatic carbocycles. The molecule has 2 aliphatic rings. The fourth-order valence-corrected chi connectivity index (χ4v) is 2.80. The Balaban J connectivity index is 1.94. The van der Waals surface area contributed by atoms with Crippen LogP contribution in [0.2, 0.25) is 0 Å². The van der Waals surface area contributed by atoms with Crippen molar-refractivity contribution in [2.75, 3.05) is 11.4 Å². The van der Waals surface area contributed by atoms with Gasteiger partial charge in [-0.2, -0.15) is 0 Å². The molecule has 1 amide bonds. The van der Waals surface area contributed by atoms with Crippen LogP contribution in [0.4, 0.5) is 5.69 Å². The van der Waals surface area contributed by atoms with E-state index in [1.54, 1.807) is 0 Å². The van der Waals surface area contributed by atoms with Gasteiger partial charge in [0.1, 0.15) is 6.61 Å². The van der Waals surface area contributed by atoms with Gasteiger partial charge in [-0.15, -0.1) is 0 Å². The van der Waals surface area contributed by atoms with E-state index in [0.29, 0.717) is 13.0 Å². The summed E-state index contributed by atoms with van der Waals surface area (Å²) in [6.07, 6.45) is 2.29. The van der Waals surface area contributed by atoms with E-state index in [9.17, 15) is 9.59 Å². The second-order valence-corrected chi connectivity index (χ2v) is 4.84. The fraction of sp³-hybridized carbons (Fsp3) is 0.429. The minimum Gasteiger partial charge on any atom is -0.461 e. The summed E-state index contributed by atoms with van der Waals surface area (Å²) in [6, 6.07) is 4.12. The number of nitrogens with zero attached hydrogens (tertiary/aromatic N) is 1. The van der Waals surface area contributed by atoms with Gasteiger partial charge in [0.25, 0.3) is 0 Å². The Morgan fingerprint density at radius 1 is 1.28 bits per heavy atom. The molecule has 0 spiro atoms. The lowest BCUT2D eigenvalue weighted by molar-refractivity contribution is -0.142. The number of hydrogen-bond acceptors (Lipinski definition) is 3. The van der Waals surface area contributed by atoms with Crippen molar-refractivity contribution in [3.8, 4) is 0 Å². The highest BCUT2D eigenvalue weighted by atomic mass is 16.5. The third-order valence-electron chi connectivity index (χ3n) is 3.55. The molecule has 0 saturated carbocycles. The second kappa shape index (κ2) is 4.12. The summed E-state index contributed by atoms with van der Waals surface area (Å²) in [5, 5.41) is 0. The van der Waals surface area contributed by atoms with Gasteiger partial charge in [0.05, 0.1) is 5.69 Å². The topological polar surface area (TPSA) is 46.6 Å². The van der Waals surface area contributed by atoms with Crippen LogP contribution in [-0.4, -0.2) is 18.4 Å². The SMILES string of the molecule is CC(=O)OCc1cc2c3c(c1)CCN3C(=O)CC2. The minimum atomic E-state index is -0.263. The number of anilines is 1. The van der Waals surface area contributed by atoms with Gasteiger partial charge < -0.3 is 9.64 Å². The van der Waals surface area contributed by atoms with Crippen molar-refractivity contribution in [1.29, 1.82) is 0 Å². The fourth-order valence-electron chi connectivity index (χ4n) is 2.80. The van der Waals surface area contributed by atoms with Gasteiger partial charge in [0, 0.05) is 19.9 Å². The first-order chi connectivity index (χ1) is 8.65. The van der Waals surface area contributed by atoms with Gasteiger partial charge >= 0.3 is 5.97 Å². The number of rotatable bonds is 2. The zero-order valence-corrected chi connectivity index (χ0v) is 10.4. The average Bonchev–Trinajstić information content (AvgIpc) is 2.76. The molecule has 0 bridgehead atoms. The first kappa shape index (κ1) is 11.3. The van der Waals surface area contributed by atoms with Gasteiger partial charge in [0.15, 0.2) is 0 Å². The summed E-state index contributed by atoms with van der Waals surface area (Å²) in [5.74, 6) is -0.0325. The molecule has 0 radical (unpaired) electrons. The van der Waals surface area contributed by atoms with Gasteiger partial charge in [-0.05, 0) is 29.5 Å². The molecular weight excluding hydrogens is 230 g/mol. The molecule has 4 heteroatoms. The minimum absolute atomic E-state index is 0.231. The van der Waals surface area contributed by atoms with Gasteiger partial charge in [-0.3, -0.25) is 9.59 Å². The maximum Gasteiger partial charge on any atom is 0.302 e. The Bertz CT molecular complexity index is 536. The van der Waals surface area contributed by atoms with E-state index in [2.05, 4.69) is 12.1 Å². The molecule has 0 saturated heterocycles. The quantitative estimate of drug-likeness (QED) is 0.743. The van der Waals surface area contributed by atoms with Crippen molar-refractivity contribution in [1.82, 2.24) is 0 Å².